The van der Waals surface area contributed by atoms with E-state index < -0.39 is 0 Å². The van der Waals surface area contributed by atoms with Crippen LogP contribution in [0.1, 0.15) is 62.2 Å². The van der Waals surface area contributed by atoms with Crippen molar-refractivity contribution in [2.24, 2.45) is 0 Å². The van der Waals surface area contributed by atoms with Crippen LogP contribution in [0, 0.1) is 0 Å². The van der Waals surface area contributed by atoms with Crippen LogP contribution in [0.25, 0.3) is 0 Å². The molecule has 0 spiro atoms. The molecule has 7 heteroatoms. The van der Waals surface area contributed by atoms with E-state index >= 15 is 0 Å². The van der Waals surface area contributed by atoms with Gasteiger partial charge in [0.15, 0.2) is 0 Å². The van der Waals surface area contributed by atoms with Gasteiger partial charge in [-0.05, 0) is 38.9 Å². The first kappa shape index (κ1) is 24.8. The summed E-state index contributed by atoms with van der Waals surface area (Å²) in [5.41, 5.74) is 0.629. The minimum Gasteiger partial charge on any atom is -0.353 e. The Balaban J connectivity index is 0.00000392. The Hall–Kier alpha value is -1.24. The molecule has 2 amide bonds. The zero-order chi connectivity index (χ0) is 19.5. The molecule has 28 heavy (non-hydrogen) atoms. The Morgan fingerprint density at radius 1 is 1.11 bits per heavy atom. The van der Waals surface area contributed by atoms with Gasteiger partial charge in [-0.15, -0.1) is 24.2 Å². The van der Waals surface area contributed by atoms with Crippen molar-refractivity contribution >= 4 is 36.0 Å². The normalized spacial score (nSPS) is 16.2. The van der Waals surface area contributed by atoms with Gasteiger partial charge in [0.1, 0.15) is 0 Å². The van der Waals surface area contributed by atoms with E-state index in [1.807, 2.05) is 38.2 Å². The van der Waals surface area contributed by atoms with E-state index in [0.29, 0.717) is 23.9 Å². The van der Waals surface area contributed by atoms with E-state index in [0.717, 1.165) is 17.7 Å². The molecule has 158 valence electrons. The topological polar surface area (TPSA) is 70.2 Å². The SMILES string of the molecule is CNC(C)CNC(=O)c1ccccc1SCC(=O)NC1CCCCCCC1.Cl. The maximum Gasteiger partial charge on any atom is 0.252 e. The highest BCUT2D eigenvalue weighted by molar-refractivity contribution is 8.00. The van der Waals surface area contributed by atoms with Crippen molar-refractivity contribution in [1.82, 2.24) is 16.0 Å². The lowest BCUT2D eigenvalue weighted by atomic mass is 9.97. The zero-order valence-corrected chi connectivity index (χ0v) is 18.6. The molecule has 0 aliphatic heterocycles. The van der Waals surface area contributed by atoms with Crippen molar-refractivity contribution in [1.29, 1.82) is 0 Å². The fraction of sp³-hybridized carbons (Fsp3) is 0.619. The lowest BCUT2D eigenvalue weighted by Gasteiger charge is -2.21. The first-order valence-electron chi connectivity index (χ1n) is 10.1. The lowest BCUT2D eigenvalue weighted by molar-refractivity contribution is -0.119. The van der Waals surface area contributed by atoms with E-state index in [9.17, 15) is 9.59 Å². The molecule has 0 aromatic heterocycles. The number of nitrogens with one attached hydrogen (secondary N) is 3. The van der Waals surface area contributed by atoms with Crippen LogP contribution in [0.2, 0.25) is 0 Å². The molecule has 0 heterocycles. The van der Waals surface area contributed by atoms with Gasteiger partial charge in [0.2, 0.25) is 5.91 Å². The molecule has 1 aliphatic carbocycles. The van der Waals surface area contributed by atoms with Gasteiger partial charge in [-0.25, -0.2) is 0 Å². The predicted molar refractivity (Wildman–Crippen MR) is 120 cm³/mol. The third kappa shape index (κ3) is 8.84. The van der Waals surface area contributed by atoms with Crippen LogP contribution in [0.4, 0.5) is 0 Å². The van der Waals surface area contributed by atoms with Crippen LogP contribution in [0.5, 0.6) is 0 Å². The molecular formula is C21H34ClN3O2S. The predicted octanol–water partition coefficient (Wildman–Crippen LogP) is 3.77. The summed E-state index contributed by atoms with van der Waals surface area (Å²) < 4.78 is 0. The van der Waals surface area contributed by atoms with Crippen molar-refractivity contribution in [2.45, 2.75) is 68.8 Å². The Morgan fingerprint density at radius 2 is 1.75 bits per heavy atom. The number of carbonyl (C=O) groups excluding carboxylic acids is 2. The smallest absolute Gasteiger partial charge is 0.252 e. The molecule has 0 radical (unpaired) electrons. The molecule has 1 aliphatic rings. The maximum atomic E-state index is 12.5. The summed E-state index contributed by atoms with van der Waals surface area (Å²) in [5, 5.41) is 9.23. The standard InChI is InChI=1S/C21H33N3O2S.ClH/c1-16(22-2)14-23-21(26)18-12-8-9-13-19(18)27-15-20(25)24-17-10-6-4-3-5-7-11-17;/h8-9,12-13,16-17,22H,3-7,10-11,14-15H2,1-2H3,(H,23,26)(H,24,25);1H. The van der Waals surface area contributed by atoms with Crippen molar-refractivity contribution in [2.75, 3.05) is 19.3 Å². The summed E-state index contributed by atoms with van der Waals surface area (Å²) in [4.78, 5) is 25.7. The summed E-state index contributed by atoms with van der Waals surface area (Å²) >= 11 is 1.43. The second-order valence-corrected chi connectivity index (χ2v) is 8.31. The third-order valence-electron chi connectivity index (χ3n) is 5.02. The average Bonchev–Trinajstić information content (AvgIpc) is 2.66. The number of thioether (sulfide) groups is 1. The highest BCUT2D eigenvalue weighted by atomic mass is 35.5. The second kappa shape index (κ2) is 13.9. The van der Waals surface area contributed by atoms with Crippen LogP contribution < -0.4 is 16.0 Å². The molecule has 0 bridgehead atoms. The molecule has 1 unspecified atom stereocenters. The Bertz CT molecular complexity index is 607. The van der Waals surface area contributed by atoms with Gasteiger partial charge in [0.25, 0.3) is 5.91 Å². The molecule has 1 saturated carbocycles. The lowest BCUT2D eigenvalue weighted by Crippen LogP contribution is -2.37. The van der Waals surface area contributed by atoms with E-state index in [-0.39, 0.29) is 30.3 Å². The van der Waals surface area contributed by atoms with E-state index in [4.69, 9.17) is 0 Å². The van der Waals surface area contributed by atoms with Crippen molar-refractivity contribution in [3.05, 3.63) is 29.8 Å². The molecular weight excluding hydrogens is 394 g/mol. The summed E-state index contributed by atoms with van der Waals surface area (Å²) in [5.74, 6) is 0.304. The number of carbonyl (C=O) groups is 2. The van der Waals surface area contributed by atoms with Crippen LogP contribution in [0.15, 0.2) is 29.2 Å². The number of amides is 2. The molecule has 1 atom stereocenters. The molecule has 1 fully saturated rings. The number of hydrogen-bond acceptors (Lipinski definition) is 4. The van der Waals surface area contributed by atoms with Crippen molar-refractivity contribution in [3.63, 3.8) is 0 Å². The number of halogens is 1. The highest BCUT2D eigenvalue weighted by Gasteiger charge is 2.16. The van der Waals surface area contributed by atoms with Crippen molar-refractivity contribution < 1.29 is 9.59 Å². The number of rotatable bonds is 8. The molecule has 1 aromatic rings. The van der Waals surface area contributed by atoms with Gasteiger partial charge in [-0.3, -0.25) is 9.59 Å². The third-order valence-corrected chi connectivity index (χ3v) is 6.10. The number of benzene rings is 1. The Labute approximate surface area is 179 Å². The maximum absolute atomic E-state index is 12.5. The van der Waals surface area contributed by atoms with Crippen LogP contribution >= 0.6 is 24.2 Å². The number of hydrogen-bond donors (Lipinski definition) is 3. The fourth-order valence-electron chi connectivity index (χ4n) is 3.24. The highest BCUT2D eigenvalue weighted by Crippen LogP contribution is 2.23. The first-order chi connectivity index (χ1) is 13.1. The van der Waals surface area contributed by atoms with Crippen molar-refractivity contribution in [3.8, 4) is 0 Å². The second-order valence-electron chi connectivity index (χ2n) is 7.29. The molecule has 3 N–H and O–H groups in total. The van der Waals surface area contributed by atoms with Gasteiger partial charge in [-0.1, -0.05) is 44.2 Å². The van der Waals surface area contributed by atoms with Gasteiger partial charge >= 0.3 is 0 Å². The minimum atomic E-state index is -0.0966. The van der Waals surface area contributed by atoms with Gasteiger partial charge in [0.05, 0.1) is 11.3 Å². The molecule has 1 aromatic carbocycles. The summed E-state index contributed by atoms with van der Waals surface area (Å²) in [7, 11) is 1.87. The molecule has 2 rings (SSSR count). The van der Waals surface area contributed by atoms with Gasteiger partial charge in [0, 0.05) is 23.5 Å². The summed E-state index contributed by atoms with van der Waals surface area (Å²) in [6, 6.07) is 8.00. The average molecular weight is 428 g/mol. The number of likely N-dealkylation sites (N-methyl/N-ethyl adjacent to an activating group) is 1. The monoisotopic (exact) mass is 427 g/mol. The van der Waals surface area contributed by atoms with E-state index in [1.54, 1.807) is 0 Å². The fourth-order valence-corrected chi connectivity index (χ4v) is 4.10. The Morgan fingerprint density at radius 3 is 2.43 bits per heavy atom. The van der Waals surface area contributed by atoms with Gasteiger partial charge < -0.3 is 16.0 Å². The summed E-state index contributed by atoms with van der Waals surface area (Å²) in [6.07, 6.45) is 8.43. The molecule has 0 saturated heterocycles. The van der Waals surface area contributed by atoms with Crippen LogP contribution in [-0.4, -0.2) is 43.2 Å². The van der Waals surface area contributed by atoms with E-state index in [2.05, 4.69) is 16.0 Å². The molecule has 5 nitrogen and oxygen atoms in total. The minimum absolute atomic E-state index is 0. The summed E-state index contributed by atoms with van der Waals surface area (Å²) in [6.45, 7) is 2.58. The Kier molecular flexibility index (Phi) is 12.3. The quantitative estimate of drug-likeness (QED) is 0.552. The first-order valence-corrected chi connectivity index (χ1v) is 11.1. The van der Waals surface area contributed by atoms with Gasteiger partial charge in [-0.2, -0.15) is 0 Å². The van der Waals surface area contributed by atoms with E-state index in [1.165, 1.54) is 43.9 Å². The zero-order valence-electron chi connectivity index (χ0n) is 17.0. The van der Waals surface area contributed by atoms with Crippen LogP contribution in [0.3, 0.4) is 0 Å². The largest absolute Gasteiger partial charge is 0.353 e. The van der Waals surface area contributed by atoms with Crippen LogP contribution in [-0.2, 0) is 4.79 Å².